The van der Waals surface area contributed by atoms with Crippen molar-refractivity contribution in [1.29, 1.82) is 0 Å². The van der Waals surface area contributed by atoms with Gasteiger partial charge in [-0.3, -0.25) is 9.78 Å². The summed E-state index contributed by atoms with van der Waals surface area (Å²) < 4.78 is 5.27. The molecule has 4 rings (SSSR count). The van der Waals surface area contributed by atoms with Crippen molar-refractivity contribution in [2.45, 2.75) is 26.2 Å². The number of likely N-dealkylation sites (tertiary alicyclic amines) is 1. The summed E-state index contributed by atoms with van der Waals surface area (Å²) in [6.45, 7) is 3.34. The van der Waals surface area contributed by atoms with Crippen LogP contribution in [0.1, 0.15) is 34.7 Å². The van der Waals surface area contributed by atoms with E-state index >= 15 is 0 Å². The van der Waals surface area contributed by atoms with Crippen LogP contribution in [0.5, 0.6) is 0 Å². The topological polar surface area (TPSA) is 59.2 Å². The Morgan fingerprint density at radius 3 is 3.04 bits per heavy atom. The molecule has 1 saturated heterocycles. The quantitative estimate of drug-likeness (QED) is 0.733. The summed E-state index contributed by atoms with van der Waals surface area (Å²) in [4.78, 5) is 23.1. The van der Waals surface area contributed by atoms with Gasteiger partial charge in [-0.2, -0.15) is 0 Å². The van der Waals surface area contributed by atoms with Crippen molar-refractivity contribution in [2.24, 2.45) is 5.92 Å². The first-order chi connectivity index (χ1) is 12.2. The van der Waals surface area contributed by atoms with Gasteiger partial charge in [0.1, 0.15) is 0 Å². The van der Waals surface area contributed by atoms with Gasteiger partial charge in [-0.1, -0.05) is 18.2 Å². The number of nitrogens with zero attached hydrogens (tertiary/aromatic N) is 3. The number of aryl methyl sites for hydroxylation is 1. The van der Waals surface area contributed by atoms with Crippen LogP contribution in [0.2, 0.25) is 0 Å². The fraction of sp³-hybridized carbons (Fsp3) is 0.350. The van der Waals surface area contributed by atoms with Gasteiger partial charge < -0.3 is 9.32 Å². The summed E-state index contributed by atoms with van der Waals surface area (Å²) in [6.07, 6.45) is 6.39. The Balaban J connectivity index is 1.47. The second kappa shape index (κ2) is 6.67. The fourth-order valence-electron chi connectivity index (χ4n) is 3.63. The van der Waals surface area contributed by atoms with E-state index in [4.69, 9.17) is 4.42 Å². The average Bonchev–Trinajstić information content (AvgIpc) is 3.07. The van der Waals surface area contributed by atoms with Crippen molar-refractivity contribution in [2.75, 3.05) is 13.1 Å². The SMILES string of the molecule is Cc1ncoc1C(=O)N1CCCC(Cc2cnc3ccccc3c2)C1. The summed E-state index contributed by atoms with van der Waals surface area (Å²) in [5, 5.41) is 1.17. The molecule has 128 valence electrons. The highest BCUT2D eigenvalue weighted by atomic mass is 16.3. The molecule has 0 saturated carbocycles. The molecule has 0 radical (unpaired) electrons. The molecule has 1 atom stereocenters. The van der Waals surface area contributed by atoms with Gasteiger partial charge in [-0.05, 0) is 49.8 Å². The van der Waals surface area contributed by atoms with Crippen LogP contribution in [-0.2, 0) is 6.42 Å². The molecule has 0 N–H and O–H groups in total. The molecule has 0 aliphatic carbocycles. The first-order valence-electron chi connectivity index (χ1n) is 8.74. The maximum Gasteiger partial charge on any atom is 0.291 e. The fourth-order valence-corrected chi connectivity index (χ4v) is 3.63. The molecule has 2 aromatic heterocycles. The number of piperidine rings is 1. The molecule has 0 spiro atoms. The Labute approximate surface area is 146 Å². The van der Waals surface area contributed by atoms with E-state index in [2.05, 4.69) is 22.1 Å². The van der Waals surface area contributed by atoms with Crippen LogP contribution in [0, 0.1) is 12.8 Å². The molecule has 1 aliphatic rings. The van der Waals surface area contributed by atoms with E-state index in [0.29, 0.717) is 17.4 Å². The van der Waals surface area contributed by atoms with Crippen LogP contribution >= 0.6 is 0 Å². The molecular weight excluding hydrogens is 314 g/mol. The summed E-state index contributed by atoms with van der Waals surface area (Å²) in [7, 11) is 0. The zero-order valence-electron chi connectivity index (χ0n) is 14.3. The molecular formula is C20H21N3O2. The molecule has 3 aromatic rings. The first-order valence-corrected chi connectivity index (χ1v) is 8.74. The third-order valence-electron chi connectivity index (χ3n) is 4.92. The van der Waals surface area contributed by atoms with Crippen LogP contribution in [0.3, 0.4) is 0 Å². The van der Waals surface area contributed by atoms with E-state index < -0.39 is 0 Å². The maximum atomic E-state index is 12.6. The minimum absolute atomic E-state index is 0.0451. The molecule has 1 amide bonds. The molecule has 3 heterocycles. The lowest BCUT2D eigenvalue weighted by Gasteiger charge is -2.32. The number of benzene rings is 1. The second-order valence-electron chi connectivity index (χ2n) is 6.77. The number of amides is 1. The van der Waals surface area contributed by atoms with Gasteiger partial charge >= 0.3 is 0 Å². The Hall–Kier alpha value is -2.69. The number of hydrogen-bond donors (Lipinski definition) is 0. The second-order valence-corrected chi connectivity index (χ2v) is 6.77. The molecule has 1 fully saturated rings. The van der Waals surface area contributed by atoms with Gasteiger partial charge in [0.2, 0.25) is 5.76 Å². The molecule has 1 unspecified atom stereocenters. The third kappa shape index (κ3) is 3.27. The van der Waals surface area contributed by atoms with E-state index in [1.807, 2.05) is 29.3 Å². The van der Waals surface area contributed by atoms with Crippen molar-refractivity contribution in [3.8, 4) is 0 Å². The number of para-hydroxylation sites is 1. The van der Waals surface area contributed by atoms with Crippen LogP contribution in [-0.4, -0.2) is 33.9 Å². The predicted octanol–water partition coefficient (Wildman–Crippen LogP) is 3.63. The first kappa shape index (κ1) is 15.8. The zero-order chi connectivity index (χ0) is 17.2. The Kier molecular flexibility index (Phi) is 4.22. The van der Waals surface area contributed by atoms with Crippen LogP contribution < -0.4 is 0 Å². The van der Waals surface area contributed by atoms with Crippen LogP contribution in [0.25, 0.3) is 10.9 Å². The van der Waals surface area contributed by atoms with E-state index in [1.54, 1.807) is 6.92 Å². The highest BCUT2D eigenvalue weighted by Gasteiger charge is 2.27. The third-order valence-corrected chi connectivity index (χ3v) is 4.92. The predicted molar refractivity (Wildman–Crippen MR) is 95.3 cm³/mol. The monoisotopic (exact) mass is 335 g/mol. The maximum absolute atomic E-state index is 12.6. The zero-order valence-corrected chi connectivity index (χ0v) is 14.3. The Bertz CT molecular complexity index is 903. The highest BCUT2D eigenvalue weighted by Crippen LogP contribution is 2.24. The van der Waals surface area contributed by atoms with Crippen molar-refractivity contribution in [3.63, 3.8) is 0 Å². The molecule has 1 aromatic carbocycles. The van der Waals surface area contributed by atoms with E-state index in [0.717, 1.165) is 37.9 Å². The minimum Gasteiger partial charge on any atom is -0.438 e. The molecule has 0 bridgehead atoms. The summed E-state index contributed by atoms with van der Waals surface area (Å²) in [5.41, 5.74) is 2.91. The van der Waals surface area contributed by atoms with Gasteiger partial charge in [0.05, 0.1) is 11.2 Å². The molecule has 1 aliphatic heterocycles. The van der Waals surface area contributed by atoms with Crippen LogP contribution in [0.4, 0.5) is 0 Å². The van der Waals surface area contributed by atoms with Crippen molar-refractivity contribution >= 4 is 16.8 Å². The number of fused-ring (bicyclic) bond motifs is 1. The summed E-state index contributed by atoms with van der Waals surface area (Å²) in [6, 6.07) is 10.4. The standard InChI is InChI=1S/C20H21N3O2/c1-14-19(25-13-22-14)20(24)23-8-4-5-15(12-23)9-16-10-17-6-2-3-7-18(17)21-11-16/h2-3,6-7,10-11,13,15H,4-5,8-9,12H2,1H3. The number of oxazole rings is 1. The average molecular weight is 335 g/mol. The van der Waals surface area contributed by atoms with Gasteiger partial charge in [0, 0.05) is 24.7 Å². The molecule has 25 heavy (non-hydrogen) atoms. The summed E-state index contributed by atoms with van der Waals surface area (Å²) in [5.74, 6) is 0.772. The number of hydrogen-bond acceptors (Lipinski definition) is 4. The largest absolute Gasteiger partial charge is 0.438 e. The van der Waals surface area contributed by atoms with Crippen LogP contribution in [0.15, 0.2) is 47.3 Å². The lowest BCUT2D eigenvalue weighted by Crippen LogP contribution is -2.40. The number of carbonyl (C=O) groups excluding carboxylic acids is 1. The van der Waals surface area contributed by atoms with Gasteiger partial charge in [-0.25, -0.2) is 4.98 Å². The van der Waals surface area contributed by atoms with Gasteiger partial charge in [0.15, 0.2) is 6.39 Å². The minimum atomic E-state index is -0.0451. The van der Waals surface area contributed by atoms with Crippen molar-refractivity contribution in [1.82, 2.24) is 14.9 Å². The smallest absolute Gasteiger partial charge is 0.291 e. The normalized spacial score (nSPS) is 17.8. The molecule has 5 heteroatoms. The van der Waals surface area contributed by atoms with Crippen molar-refractivity contribution < 1.29 is 9.21 Å². The van der Waals surface area contributed by atoms with E-state index in [1.165, 1.54) is 17.3 Å². The Morgan fingerprint density at radius 2 is 2.20 bits per heavy atom. The lowest BCUT2D eigenvalue weighted by molar-refractivity contribution is 0.0640. The summed E-state index contributed by atoms with van der Waals surface area (Å²) >= 11 is 0. The Morgan fingerprint density at radius 1 is 1.32 bits per heavy atom. The van der Waals surface area contributed by atoms with Gasteiger partial charge in [-0.15, -0.1) is 0 Å². The highest BCUT2D eigenvalue weighted by molar-refractivity contribution is 5.92. The van der Waals surface area contributed by atoms with Gasteiger partial charge in [0.25, 0.3) is 5.91 Å². The number of carbonyl (C=O) groups is 1. The van der Waals surface area contributed by atoms with E-state index in [9.17, 15) is 4.79 Å². The molecule has 5 nitrogen and oxygen atoms in total. The number of pyridine rings is 1. The van der Waals surface area contributed by atoms with E-state index in [-0.39, 0.29) is 5.91 Å². The number of rotatable bonds is 3. The number of aromatic nitrogens is 2. The van der Waals surface area contributed by atoms with Crippen molar-refractivity contribution in [3.05, 3.63) is 59.9 Å². The lowest BCUT2D eigenvalue weighted by atomic mass is 9.91.